The van der Waals surface area contributed by atoms with Crippen LogP contribution in [0.2, 0.25) is 0 Å². The van der Waals surface area contributed by atoms with Gasteiger partial charge in [0.05, 0.1) is 24.0 Å². The van der Waals surface area contributed by atoms with E-state index in [1.807, 2.05) is 0 Å². The van der Waals surface area contributed by atoms with Gasteiger partial charge in [0.25, 0.3) is 5.56 Å². The maximum atomic E-state index is 12.0. The van der Waals surface area contributed by atoms with Gasteiger partial charge < -0.3 is 9.47 Å². The van der Waals surface area contributed by atoms with Crippen LogP contribution in [0.3, 0.4) is 0 Å². The Morgan fingerprint density at radius 2 is 2.36 bits per heavy atom. The van der Waals surface area contributed by atoms with Gasteiger partial charge in [0.2, 0.25) is 0 Å². The van der Waals surface area contributed by atoms with Crippen LogP contribution in [0.15, 0.2) is 23.1 Å². The van der Waals surface area contributed by atoms with E-state index in [-0.39, 0.29) is 17.3 Å². The number of nitrogens with zero attached hydrogens (tertiary/aromatic N) is 3. The fourth-order valence-electron chi connectivity index (χ4n) is 3.10. The molecule has 2 aromatic rings. The molecule has 0 spiro atoms. The summed E-state index contributed by atoms with van der Waals surface area (Å²) in [5.74, 6) is 0. The lowest BCUT2D eigenvalue weighted by molar-refractivity contribution is -0.154. The summed E-state index contributed by atoms with van der Waals surface area (Å²) in [6, 6.07) is 3.37. The van der Waals surface area contributed by atoms with Crippen molar-refractivity contribution in [3.8, 4) is 0 Å². The Kier molecular flexibility index (Phi) is 4.03. The van der Waals surface area contributed by atoms with E-state index in [1.54, 1.807) is 25.4 Å². The summed E-state index contributed by atoms with van der Waals surface area (Å²) in [6.07, 6.45) is 1.74. The Hall–Kier alpha value is -1.70. The van der Waals surface area contributed by atoms with E-state index in [1.165, 1.54) is 4.52 Å². The Bertz CT molecular complexity index is 706. The van der Waals surface area contributed by atoms with Crippen LogP contribution >= 0.6 is 0 Å². The zero-order valence-corrected chi connectivity index (χ0v) is 13.2. The number of rotatable bonds is 4. The monoisotopic (exact) mass is 306 g/mol. The number of H-pyrrole nitrogens is 1. The topological polar surface area (TPSA) is 71.9 Å². The average molecular weight is 306 g/mol. The Balaban J connectivity index is 1.79. The van der Waals surface area contributed by atoms with Crippen LogP contribution in [-0.4, -0.2) is 58.0 Å². The minimum atomic E-state index is -0.241. The van der Waals surface area contributed by atoms with Crippen LogP contribution in [-0.2, 0) is 16.0 Å². The molecule has 22 heavy (non-hydrogen) atoms. The third kappa shape index (κ3) is 3.21. The highest BCUT2D eigenvalue weighted by molar-refractivity contribution is 5.36. The molecule has 1 aliphatic rings. The summed E-state index contributed by atoms with van der Waals surface area (Å²) >= 11 is 0. The first-order valence-corrected chi connectivity index (χ1v) is 7.42. The molecule has 120 valence electrons. The first kappa shape index (κ1) is 15.2. The van der Waals surface area contributed by atoms with Gasteiger partial charge in [-0.1, -0.05) is 0 Å². The second-order valence-corrected chi connectivity index (χ2v) is 6.37. The maximum absolute atomic E-state index is 12.0. The average Bonchev–Trinajstić information content (AvgIpc) is 2.85. The van der Waals surface area contributed by atoms with Gasteiger partial charge in [0.1, 0.15) is 0 Å². The van der Waals surface area contributed by atoms with E-state index < -0.39 is 0 Å². The van der Waals surface area contributed by atoms with Crippen molar-refractivity contribution in [2.24, 2.45) is 0 Å². The van der Waals surface area contributed by atoms with Gasteiger partial charge in [-0.05, 0) is 13.8 Å². The minimum Gasteiger partial charge on any atom is -0.382 e. The van der Waals surface area contributed by atoms with Crippen molar-refractivity contribution in [2.75, 3.05) is 26.8 Å². The lowest BCUT2D eigenvalue weighted by Gasteiger charge is -2.42. The van der Waals surface area contributed by atoms with E-state index >= 15 is 0 Å². The number of morpholine rings is 1. The minimum absolute atomic E-state index is 0.0332. The van der Waals surface area contributed by atoms with Crippen LogP contribution in [0.4, 0.5) is 0 Å². The standard InChI is InChI=1S/C15H22N4O3/c1-15(2)10-18(8-12(22-15)9-21-3)7-11-6-14(20)19-13(17-11)4-5-16-19/h4-6,12,16H,7-10H2,1-3H3. The molecular weight excluding hydrogens is 284 g/mol. The molecule has 1 saturated heterocycles. The van der Waals surface area contributed by atoms with Crippen molar-refractivity contribution in [3.05, 3.63) is 34.4 Å². The number of methoxy groups -OCH3 is 1. The molecule has 1 aliphatic heterocycles. The van der Waals surface area contributed by atoms with E-state index in [4.69, 9.17) is 9.47 Å². The van der Waals surface area contributed by atoms with Crippen molar-refractivity contribution in [3.63, 3.8) is 0 Å². The zero-order valence-electron chi connectivity index (χ0n) is 13.2. The number of hydrogen-bond donors (Lipinski definition) is 1. The first-order valence-electron chi connectivity index (χ1n) is 7.42. The zero-order chi connectivity index (χ0) is 15.7. The number of fused-ring (bicyclic) bond motifs is 1. The molecule has 7 nitrogen and oxygen atoms in total. The fourth-order valence-corrected chi connectivity index (χ4v) is 3.10. The first-order chi connectivity index (χ1) is 10.5. The fraction of sp³-hybridized carbons (Fsp3) is 0.600. The summed E-state index contributed by atoms with van der Waals surface area (Å²) in [5, 5.41) is 2.85. The molecule has 1 N–H and O–H groups in total. The van der Waals surface area contributed by atoms with Gasteiger partial charge in [0, 0.05) is 45.1 Å². The van der Waals surface area contributed by atoms with E-state index in [0.29, 0.717) is 18.8 Å². The molecule has 0 bridgehead atoms. The normalized spacial score (nSPS) is 22.2. The summed E-state index contributed by atoms with van der Waals surface area (Å²) < 4.78 is 12.7. The summed E-state index contributed by atoms with van der Waals surface area (Å²) in [5.41, 5.74) is 1.09. The predicted octanol–water partition coefficient (Wildman–Crippen LogP) is 0.648. The van der Waals surface area contributed by atoms with Crippen molar-refractivity contribution in [1.29, 1.82) is 0 Å². The molecule has 1 unspecified atom stereocenters. The number of aromatic nitrogens is 3. The van der Waals surface area contributed by atoms with Crippen LogP contribution < -0.4 is 5.56 Å². The van der Waals surface area contributed by atoms with Gasteiger partial charge in [-0.2, -0.15) is 0 Å². The molecule has 0 saturated carbocycles. The van der Waals surface area contributed by atoms with Gasteiger partial charge >= 0.3 is 0 Å². The highest BCUT2D eigenvalue weighted by Gasteiger charge is 2.33. The van der Waals surface area contributed by atoms with Crippen molar-refractivity contribution in [2.45, 2.75) is 32.1 Å². The highest BCUT2D eigenvalue weighted by atomic mass is 16.5. The summed E-state index contributed by atoms with van der Waals surface area (Å²) in [6.45, 7) is 6.89. The van der Waals surface area contributed by atoms with Gasteiger partial charge in [-0.25, -0.2) is 9.50 Å². The second-order valence-electron chi connectivity index (χ2n) is 6.37. The molecule has 0 amide bonds. The Morgan fingerprint density at radius 1 is 1.55 bits per heavy atom. The van der Waals surface area contributed by atoms with E-state index in [0.717, 1.165) is 18.8 Å². The van der Waals surface area contributed by atoms with Crippen LogP contribution in [0.1, 0.15) is 19.5 Å². The number of hydrogen-bond acceptors (Lipinski definition) is 5. The molecular formula is C15H22N4O3. The van der Waals surface area contributed by atoms with Crippen LogP contribution in [0, 0.1) is 0 Å². The molecule has 3 heterocycles. The van der Waals surface area contributed by atoms with Crippen molar-refractivity contribution >= 4 is 5.65 Å². The molecule has 0 radical (unpaired) electrons. The van der Waals surface area contributed by atoms with E-state index in [2.05, 4.69) is 28.8 Å². The van der Waals surface area contributed by atoms with Crippen LogP contribution in [0.25, 0.3) is 5.65 Å². The largest absolute Gasteiger partial charge is 0.382 e. The quantitative estimate of drug-likeness (QED) is 0.898. The molecule has 1 atom stereocenters. The highest BCUT2D eigenvalue weighted by Crippen LogP contribution is 2.22. The maximum Gasteiger partial charge on any atom is 0.272 e. The predicted molar refractivity (Wildman–Crippen MR) is 81.9 cm³/mol. The SMILES string of the molecule is COCC1CN(Cc2cc(=O)n3[nH]ccc3n2)CC(C)(C)O1. The van der Waals surface area contributed by atoms with E-state index in [9.17, 15) is 4.79 Å². The summed E-state index contributed by atoms with van der Waals surface area (Å²) in [7, 11) is 1.68. The molecule has 2 aromatic heterocycles. The molecule has 0 aliphatic carbocycles. The lowest BCUT2D eigenvalue weighted by atomic mass is 10.1. The second kappa shape index (κ2) is 5.83. The Morgan fingerprint density at radius 3 is 3.14 bits per heavy atom. The molecule has 7 heteroatoms. The van der Waals surface area contributed by atoms with Crippen molar-refractivity contribution < 1.29 is 9.47 Å². The number of aromatic amines is 1. The van der Waals surface area contributed by atoms with Gasteiger partial charge in [0.15, 0.2) is 5.65 Å². The van der Waals surface area contributed by atoms with Gasteiger partial charge in [-0.15, -0.1) is 0 Å². The summed E-state index contributed by atoms with van der Waals surface area (Å²) in [4.78, 5) is 18.8. The third-order valence-electron chi connectivity index (χ3n) is 3.72. The smallest absolute Gasteiger partial charge is 0.272 e. The number of ether oxygens (including phenoxy) is 2. The molecule has 3 rings (SSSR count). The lowest BCUT2D eigenvalue weighted by Crippen LogP contribution is -2.53. The Labute approximate surface area is 128 Å². The van der Waals surface area contributed by atoms with Crippen molar-refractivity contribution in [1.82, 2.24) is 19.5 Å². The molecule has 1 fully saturated rings. The van der Waals surface area contributed by atoms with Crippen LogP contribution in [0.5, 0.6) is 0 Å². The number of nitrogens with one attached hydrogen (secondary N) is 1. The third-order valence-corrected chi connectivity index (χ3v) is 3.72. The van der Waals surface area contributed by atoms with Gasteiger partial charge in [-0.3, -0.25) is 14.8 Å². The molecule has 0 aromatic carbocycles.